The van der Waals surface area contributed by atoms with E-state index in [0.29, 0.717) is 31.3 Å². The summed E-state index contributed by atoms with van der Waals surface area (Å²) in [5.41, 5.74) is 0. The number of carbonyl (C=O) groups is 1. The van der Waals surface area contributed by atoms with Gasteiger partial charge >= 0.3 is 0 Å². The van der Waals surface area contributed by atoms with Crippen LogP contribution in [-0.4, -0.2) is 38.9 Å². The van der Waals surface area contributed by atoms with Crippen molar-refractivity contribution in [3.8, 4) is 11.5 Å². The van der Waals surface area contributed by atoms with Crippen LogP contribution in [0, 0.1) is 0 Å². The van der Waals surface area contributed by atoms with Crippen LogP contribution >= 0.6 is 0 Å². The molecule has 5 nitrogen and oxygen atoms in total. The summed E-state index contributed by atoms with van der Waals surface area (Å²) in [7, 11) is 1.59. The molecular weight excluding hydrogens is 258 g/mol. The quantitative estimate of drug-likeness (QED) is 0.703. The van der Waals surface area contributed by atoms with E-state index >= 15 is 0 Å². The third kappa shape index (κ3) is 5.93. The molecule has 1 N–H and O–H groups in total. The smallest absolute Gasteiger partial charge is 0.260 e. The molecule has 0 saturated heterocycles. The Morgan fingerprint density at radius 2 is 2.10 bits per heavy atom. The van der Waals surface area contributed by atoms with E-state index in [0.717, 1.165) is 6.42 Å². The monoisotopic (exact) mass is 281 g/mol. The molecule has 0 bridgehead atoms. The van der Waals surface area contributed by atoms with Crippen LogP contribution in [0.25, 0.3) is 0 Å². The molecule has 1 atom stereocenters. The predicted molar refractivity (Wildman–Crippen MR) is 77.2 cm³/mol. The second-order valence-corrected chi connectivity index (χ2v) is 4.28. The number of carbonyl (C=O) groups excluding carboxylic acids is 1. The molecule has 1 aromatic rings. The fraction of sp³-hybridized carbons (Fsp3) is 0.533. The molecule has 0 aliphatic heterocycles. The van der Waals surface area contributed by atoms with Gasteiger partial charge in [-0.05, 0) is 32.4 Å². The molecule has 1 rings (SSSR count). The largest absolute Gasteiger partial charge is 0.497 e. The zero-order valence-corrected chi connectivity index (χ0v) is 12.3. The van der Waals surface area contributed by atoms with E-state index in [1.165, 1.54) is 0 Å². The highest BCUT2D eigenvalue weighted by molar-refractivity contribution is 5.80. The summed E-state index contributed by atoms with van der Waals surface area (Å²) < 4.78 is 15.9. The van der Waals surface area contributed by atoms with Crippen molar-refractivity contribution in [3.63, 3.8) is 0 Å². The second-order valence-electron chi connectivity index (χ2n) is 4.28. The molecule has 0 spiro atoms. The minimum atomic E-state index is -0.547. The first-order valence-corrected chi connectivity index (χ1v) is 6.83. The highest BCUT2D eigenvalue weighted by atomic mass is 16.5. The number of hydrogen-bond donors (Lipinski definition) is 1. The number of amides is 1. The van der Waals surface area contributed by atoms with E-state index in [1.807, 2.05) is 19.1 Å². The molecule has 1 amide bonds. The van der Waals surface area contributed by atoms with E-state index in [-0.39, 0.29) is 5.91 Å². The standard InChI is InChI=1S/C15H23NO4/c1-4-19-10-6-9-16-15(17)12(2)20-14-8-5-7-13(11-14)18-3/h5,7-8,11-12H,4,6,9-10H2,1-3H3,(H,16,17)/t12-/m1/s1. The highest BCUT2D eigenvalue weighted by Gasteiger charge is 2.14. The maximum atomic E-state index is 11.8. The average Bonchev–Trinajstić information content (AvgIpc) is 2.47. The summed E-state index contributed by atoms with van der Waals surface area (Å²) in [4.78, 5) is 11.8. The molecule has 20 heavy (non-hydrogen) atoms. The van der Waals surface area contributed by atoms with Crippen LogP contribution in [0.4, 0.5) is 0 Å². The van der Waals surface area contributed by atoms with E-state index in [4.69, 9.17) is 14.2 Å². The number of rotatable bonds is 9. The van der Waals surface area contributed by atoms with Gasteiger partial charge in [-0.3, -0.25) is 4.79 Å². The van der Waals surface area contributed by atoms with Gasteiger partial charge in [0, 0.05) is 25.8 Å². The van der Waals surface area contributed by atoms with Crippen molar-refractivity contribution < 1.29 is 19.0 Å². The van der Waals surface area contributed by atoms with Crippen LogP contribution in [0.2, 0.25) is 0 Å². The summed E-state index contributed by atoms with van der Waals surface area (Å²) in [6.45, 7) is 5.61. The lowest BCUT2D eigenvalue weighted by Gasteiger charge is -2.15. The van der Waals surface area contributed by atoms with Crippen LogP contribution in [0.3, 0.4) is 0 Å². The fourth-order valence-corrected chi connectivity index (χ4v) is 1.61. The summed E-state index contributed by atoms with van der Waals surface area (Å²) in [5.74, 6) is 1.18. The third-order valence-corrected chi connectivity index (χ3v) is 2.69. The zero-order valence-electron chi connectivity index (χ0n) is 12.3. The highest BCUT2D eigenvalue weighted by Crippen LogP contribution is 2.19. The average molecular weight is 281 g/mol. The maximum Gasteiger partial charge on any atom is 0.260 e. The summed E-state index contributed by atoms with van der Waals surface area (Å²) in [6.07, 6.45) is 0.250. The molecule has 0 aliphatic rings. The van der Waals surface area contributed by atoms with Gasteiger partial charge in [0.25, 0.3) is 5.91 Å². The molecule has 0 saturated carbocycles. The van der Waals surface area contributed by atoms with E-state index in [1.54, 1.807) is 26.2 Å². The van der Waals surface area contributed by atoms with Crippen molar-refractivity contribution in [2.24, 2.45) is 0 Å². The molecule has 0 aliphatic carbocycles. The maximum absolute atomic E-state index is 11.8. The van der Waals surface area contributed by atoms with Crippen LogP contribution in [0.15, 0.2) is 24.3 Å². The molecule has 1 aromatic carbocycles. The zero-order chi connectivity index (χ0) is 14.8. The number of ether oxygens (including phenoxy) is 3. The molecular formula is C15H23NO4. The molecule has 5 heteroatoms. The Balaban J connectivity index is 2.33. The van der Waals surface area contributed by atoms with Crippen molar-refractivity contribution in [2.75, 3.05) is 26.9 Å². The lowest BCUT2D eigenvalue weighted by atomic mass is 10.3. The third-order valence-electron chi connectivity index (χ3n) is 2.69. The first kappa shape index (κ1) is 16.3. The molecule has 0 fully saturated rings. The topological polar surface area (TPSA) is 56.8 Å². The second kappa shape index (κ2) is 9.20. The van der Waals surface area contributed by atoms with Gasteiger partial charge in [0.2, 0.25) is 0 Å². The van der Waals surface area contributed by atoms with Crippen molar-refractivity contribution >= 4 is 5.91 Å². The van der Waals surface area contributed by atoms with E-state index < -0.39 is 6.10 Å². The SMILES string of the molecule is CCOCCCNC(=O)[C@@H](C)Oc1cccc(OC)c1. The lowest BCUT2D eigenvalue weighted by Crippen LogP contribution is -2.37. The van der Waals surface area contributed by atoms with Crippen LogP contribution in [-0.2, 0) is 9.53 Å². The molecule has 0 aromatic heterocycles. The van der Waals surface area contributed by atoms with Crippen molar-refractivity contribution in [1.29, 1.82) is 0 Å². The molecule has 0 unspecified atom stereocenters. The Morgan fingerprint density at radius 1 is 1.35 bits per heavy atom. The number of benzene rings is 1. The van der Waals surface area contributed by atoms with Gasteiger partial charge in [-0.2, -0.15) is 0 Å². The summed E-state index contributed by atoms with van der Waals surface area (Å²) in [6, 6.07) is 7.19. The van der Waals surface area contributed by atoms with Gasteiger partial charge in [-0.1, -0.05) is 6.07 Å². The van der Waals surface area contributed by atoms with E-state index in [9.17, 15) is 4.79 Å². The Hall–Kier alpha value is -1.75. The number of nitrogens with one attached hydrogen (secondary N) is 1. The van der Waals surface area contributed by atoms with Gasteiger partial charge in [0.1, 0.15) is 11.5 Å². The Kier molecular flexibility index (Phi) is 7.50. The van der Waals surface area contributed by atoms with Gasteiger partial charge in [0.05, 0.1) is 7.11 Å². The van der Waals surface area contributed by atoms with Crippen molar-refractivity contribution in [1.82, 2.24) is 5.32 Å². The van der Waals surface area contributed by atoms with Gasteiger partial charge in [0.15, 0.2) is 6.10 Å². The van der Waals surface area contributed by atoms with Crippen LogP contribution in [0.1, 0.15) is 20.3 Å². The first-order chi connectivity index (χ1) is 9.67. The molecule has 0 heterocycles. The first-order valence-electron chi connectivity index (χ1n) is 6.83. The van der Waals surface area contributed by atoms with Crippen LogP contribution < -0.4 is 14.8 Å². The molecule has 0 radical (unpaired) electrons. The Labute approximate surface area is 120 Å². The van der Waals surface area contributed by atoms with Crippen molar-refractivity contribution in [3.05, 3.63) is 24.3 Å². The van der Waals surface area contributed by atoms with Gasteiger partial charge in [-0.25, -0.2) is 0 Å². The predicted octanol–water partition coefficient (Wildman–Crippen LogP) is 2.01. The number of hydrogen-bond acceptors (Lipinski definition) is 4. The molecule has 112 valence electrons. The lowest BCUT2D eigenvalue weighted by molar-refractivity contribution is -0.127. The number of methoxy groups -OCH3 is 1. The Bertz CT molecular complexity index is 409. The minimum absolute atomic E-state index is 0.135. The van der Waals surface area contributed by atoms with Crippen molar-refractivity contribution in [2.45, 2.75) is 26.4 Å². The van der Waals surface area contributed by atoms with Crippen LogP contribution in [0.5, 0.6) is 11.5 Å². The fourth-order valence-electron chi connectivity index (χ4n) is 1.61. The van der Waals surface area contributed by atoms with Gasteiger partial charge in [-0.15, -0.1) is 0 Å². The Morgan fingerprint density at radius 3 is 2.80 bits per heavy atom. The minimum Gasteiger partial charge on any atom is -0.497 e. The summed E-state index contributed by atoms with van der Waals surface area (Å²) in [5, 5.41) is 2.81. The van der Waals surface area contributed by atoms with Gasteiger partial charge < -0.3 is 19.5 Å². The summed E-state index contributed by atoms with van der Waals surface area (Å²) >= 11 is 0. The normalized spacial score (nSPS) is 11.8. The van der Waals surface area contributed by atoms with E-state index in [2.05, 4.69) is 5.32 Å².